The summed E-state index contributed by atoms with van der Waals surface area (Å²) in [4.78, 5) is -0.00370. The van der Waals surface area contributed by atoms with Crippen molar-refractivity contribution in [1.82, 2.24) is 4.31 Å². The number of halogens is 3. The van der Waals surface area contributed by atoms with Crippen LogP contribution in [0.15, 0.2) is 23.1 Å². The summed E-state index contributed by atoms with van der Waals surface area (Å²) in [6.45, 7) is 1.41. The molecule has 1 aliphatic rings. The zero-order valence-corrected chi connectivity index (χ0v) is 13.9. The molecule has 20 heavy (non-hydrogen) atoms. The van der Waals surface area contributed by atoms with Crippen molar-refractivity contribution in [1.29, 1.82) is 0 Å². The molecule has 0 saturated carbocycles. The standard InChI is InChI=1S/C12H16Cl2N2O2S.ClH/c13-10-4-1-5-11(14)12(10)19(17,18)16-6-2-3-9(7-15)8-16;/h1,4-5,9H,2-3,6-8,15H2;1H. The van der Waals surface area contributed by atoms with Crippen molar-refractivity contribution in [3.05, 3.63) is 28.2 Å². The highest BCUT2D eigenvalue weighted by molar-refractivity contribution is 7.89. The van der Waals surface area contributed by atoms with Gasteiger partial charge < -0.3 is 5.73 Å². The Kier molecular flexibility index (Phi) is 6.57. The van der Waals surface area contributed by atoms with Crippen LogP contribution < -0.4 is 5.73 Å². The van der Waals surface area contributed by atoms with Gasteiger partial charge in [-0.3, -0.25) is 0 Å². The highest BCUT2D eigenvalue weighted by Gasteiger charge is 2.32. The van der Waals surface area contributed by atoms with Gasteiger partial charge >= 0.3 is 0 Å². The molecule has 1 atom stereocenters. The molecule has 1 aliphatic heterocycles. The molecule has 2 N–H and O–H groups in total. The summed E-state index contributed by atoms with van der Waals surface area (Å²) in [5.74, 6) is 0.199. The van der Waals surface area contributed by atoms with E-state index in [-0.39, 0.29) is 33.3 Å². The first-order valence-corrected chi connectivity index (χ1v) is 8.30. The van der Waals surface area contributed by atoms with Crippen LogP contribution >= 0.6 is 35.6 Å². The third-order valence-electron chi connectivity index (χ3n) is 3.33. The molecular weight excluding hydrogens is 343 g/mol. The maximum Gasteiger partial charge on any atom is 0.246 e. The number of sulfonamides is 1. The Morgan fingerprint density at radius 2 is 1.90 bits per heavy atom. The normalized spacial score (nSPS) is 20.4. The summed E-state index contributed by atoms with van der Waals surface area (Å²) >= 11 is 12.0. The molecule has 1 fully saturated rings. The summed E-state index contributed by atoms with van der Waals surface area (Å²) in [6, 6.07) is 4.69. The van der Waals surface area contributed by atoms with Crippen LogP contribution in [0.4, 0.5) is 0 Å². The molecule has 0 amide bonds. The van der Waals surface area contributed by atoms with Gasteiger partial charge in [-0.2, -0.15) is 4.31 Å². The van der Waals surface area contributed by atoms with Gasteiger partial charge in [0.2, 0.25) is 10.0 Å². The second kappa shape index (κ2) is 7.29. The van der Waals surface area contributed by atoms with Gasteiger partial charge in [0.25, 0.3) is 0 Å². The molecule has 0 spiro atoms. The molecular formula is C12H17Cl3N2O2S. The summed E-state index contributed by atoms with van der Waals surface area (Å²) < 4.78 is 26.6. The summed E-state index contributed by atoms with van der Waals surface area (Å²) in [5, 5.41) is 0.310. The molecule has 8 heteroatoms. The highest BCUT2D eigenvalue weighted by Crippen LogP contribution is 2.33. The number of rotatable bonds is 3. The van der Waals surface area contributed by atoms with E-state index in [1.807, 2.05) is 0 Å². The van der Waals surface area contributed by atoms with Crippen LogP contribution in [-0.4, -0.2) is 32.4 Å². The van der Waals surface area contributed by atoms with Crippen molar-refractivity contribution in [2.24, 2.45) is 11.7 Å². The molecule has 4 nitrogen and oxygen atoms in total. The maximum atomic E-state index is 12.6. The van der Waals surface area contributed by atoms with Crippen molar-refractivity contribution in [3.8, 4) is 0 Å². The third-order valence-corrected chi connectivity index (χ3v) is 6.15. The molecule has 1 saturated heterocycles. The van der Waals surface area contributed by atoms with E-state index in [1.165, 1.54) is 16.4 Å². The average Bonchev–Trinajstić information content (AvgIpc) is 2.38. The number of hydrogen-bond donors (Lipinski definition) is 1. The van der Waals surface area contributed by atoms with E-state index >= 15 is 0 Å². The molecule has 0 radical (unpaired) electrons. The van der Waals surface area contributed by atoms with Crippen LogP contribution in [-0.2, 0) is 10.0 Å². The van der Waals surface area contributed by atoms with E-state index in [2.05, 4.69) is 0 Å². The van der Waals surface area contributed by atoms with Crippen molar-refractivity contribution >= 4 is 45.6 Å². The molecule has 1 heterocycles. The quantitative estimate of drug-likeness (QED) is 0.902. The Bertz CT molecular complexity index is 546. The van der Waals surface area contributed by atoms with Gasteiger partial charge in [-0.15, -0.1) is 12.4 Å². The van der Waals surface area contributed by atoms with E-state index in [9.17, 15) is 8.42 Å². The molecule has 0 bridgehead atoms. The minimum atomic E-state index is -3.65. The van der Waals surface area contributed by atoms with Gasteiger partial charge in [0, 0.05) is 13.1 Å². The van der Waals surface area contributed by atoms with E-state index in [0.717, 1.165) is 12.8 Å². The van der Waals surface area contributed by atoms with E-state index in [0.29, 0.717) is 19.6 Å². The third kappa shape index (κ3) is 3.59. The summed E-state index contributed by atoms with van der Waals surface area (Å²) in [6.07, 6.45) is 1.77. The molecule has 2 rings (SSSR count). The number of nitrogens with zero attached hydrogens (tertiary/aromatic N) is 1. The second-order valence-corrected chi connectivity index (χ2v) is 7.35. The lowest BCUT2D eigenvalue weighted by Gasteiger charge is -2.31. The van der Waals surface area contributed by atoms with Gasteiger partial charge in [0.15, 0.2) is 0 Å². The number of hydrogen-bond acceptors (Lipinski definition) is 3. The largest absolute Gasteiger partial charge is 0.330 e. The van der Waals surface area contributed by atoms with E-state index < -0.39 is 10.0 Å². The topological polar surface area (TPSA) is 63.4 Å². The number of benzene rings is 1. The van der Waals surface area contributed by atoms with Crippen molar-refractivity contribution in [2.75, 3.05) is 19.6 Å². The Morgan fingerprint density at radius 1 is 1.30 bits per heavy atom. The minimum Gasteiger partial charge on any atom is -0.330 e. The lowest BCUT2D eigenvalue weighted by molar-refractivity contribution is 0.271. The maximum absolute atomic E-state index is 12.6. The fourth-order valence-corrected chi connectivity index (χ4v) is 4.94. The van der Waals surface area contributed by atoms with E-state index in [4.69, 9.17) is 28.9 Å². The second-order valence-electron chi connectivity index (χ2n) is 4.66. The smallest absolute Gasteiger partial charge is 0.246 e. The minimum absolute atomic E-state index is 0. The average molecular weight is 360 g/mol. The fraction of sp³-hybridized carbons (Fsp3) is 0.500. The van der Waals surface area contributed by atoms with Crippen LogP contribution in [0.5, 0.6) is 0 Å². The number of nitrogens with two attached hydrogens (primary N) is 1. The predicted molar refractivity (Wildman–Crippen MR) is 84.2 cm³/mol. The molecule has 1 aromatic rings. The van der Waals surface area contributed by atoms with Gasteiger partial charge in [-0.05, 0) is 37.4 Å². The first-order valence-electron chi connectivity index (χ1n) is 6.11. The molecule has 114 valence electrons. The molecule has 1 aromatic carbocycles. The van der Waals surface area contributed by atoms with Crippen LogP contribution in [0.25, 0.3) is 0 Å². The zero-order valence-electron chi connectivity index (χ0n) is 10.8. The first kappa shape index (κ1) is 18.0. The fourth-order valence-electron chi connectivity index (χ4n) is 2.30. The van der Waals surface area contributed by atoms with Gasteiger partial charge in [0.1, 0.15) is 4.90 Å². The SMILES string of the molecule is Cl.NCC1CCCN(S(=O)(=O)c2c(Cl)cccc2Cl)C1. The van der Waals surface area contributed by atoms with Crippen LogP contribution in [0, 0.1) is 5.92 Å². The highest BCUT2D eigenvalue weighted by atomic mass is 35.5. The zero-order chi connectivity index (χ0) is 14.0. The van der Waals surface area contributed by atoms with Gasteiger partial charge in [-0.1, -0.05) is 29.3 Å². The summed E-state index contributed by atoms with van der Waals surface area (Å²) in [7, 11) is -3.65. The van der Waals surface area contributed by atoms with Crippen molar-refractivity contribution in [3.63, 3.8) is 0 Å². The Labute approximate surface area is 135 Å². The number of piperidine rings is 1. The van der Waals surface area contributed by atoms with Crippen LogP contribution in [0.2, 0.25) is 10.0 Å². The summed E-state index contributed by atoms with van der Waals surface area (Å²) in [5.41, 5.74) is 5.63. The van der Waals surface area contributed by atoms with Crippen LogP contribution in [0.3, 0.4) is 0 Å². The first-order chi connectivity index (χ1) is 8.96. The van der Waals surface area contributed by atoms with Crippen molar-refractivity contribution in [2.45, 2.75) is 17.7 Å². The molecule has 0 aromatic heterocycles. The predicted octanol–water partition coefficient (Wildman–Crippen LogP) is 2.77. The van der Waals surface area contributed by atoms with Gasteiger partial charge in [0.05, 0.1) is 10.0 Å². The van der Waals surface area contributed by atoms with Crippen molar-refractivity contribution < 1.29 is 8.42 Å². The van der Waals surface area contributed by atoms with E-state index in [1.54, 1.807) is 6.07 Å². The molecule has 0 aliphatic carbocycles. The lowest BCUT2D eigenvalue weighted by atomic mass is 10.0. The Morgan fingerprint density at radius 3 is 2.45 bits per heavy atom. The Hall–Kier alpha value is -0.0400. The van der Waals surface area contributed by atoms with Gasteiger partial charge in [-0.25, -0.2) is 8.42 Å². The lowest BCUT2D eigenvalue weighted by Crippen LogP contribution is -2.42. The monoisotopic (exact) mass is 358 g/mol. The molecule has 1 unspecified atom stereocenters. The van der Waals surface area contributed by atoms with Crippen LogP contribution in [0.1, 0.15) is 12.8 Å². The Balaban J connectivity index is 0.00000200.